The standard InChI is InChI=1S/C22H16Cl2N2O2/c1-12-6-7-14(22-26-20-13(2)4-3-5-19(20)28-22)10-18(12)25-21(27)16-9-8-15(23)11-17(16)24/h3-11H,1-2H3,(H,25,27). The number of amides is 1. The van der Waals surface area contributed by atoms with Gasteiger partial charge in [0.1, 0.15) is 5.52 Å². The number of anilines is 1. The molecule has 1 aromatic heterocycles. The number of nitrogens with zero attached hydrogens (tertiary/aromatic N) is 1. The quantitative estimate of drug-likeness (QED) is 0.410. The molecule has 0 saturated heterocycles. The lowest BCUT2D eigenvalue weighted by Gasteiger charge is -2.11. The van der Waals surface area contributed by atoms with E-state index < -0.39 is 0 Å². The summed E-state index contributed by atoms with van der Waals surface area (Å²) in [6, 6.07) is 16.3. The van der Waals surface area contributed by atoms with Crippen LogP contribution in [0.2, 0.25) is 10.0 Å². The molecule has 28 heavy (non-hydrogen) atoms. The molecule has 0 atom stereocenters. The Bertz CT molecular complexity index is 1210. The molecule has 4 nitrogen and oxygen atoms in total. The monoisotopic (exact) mass is 410 g/mol. The molecule has 0 aliphatic heterocycles. The number of nitrogens with one attached hydrogen (secondary N) is 1. The first kappa shape index (κ1) is 18.5. The third kappa shape index (κ3) is 3.49. The van der Waals surface area contributed by atoms with Crippen molar-refractivity contribution < 1.29 is 9.21 Å². The number of rotatable bonds is 3. The van der Waals surface area contributed by atoms with Gasteiger partial charge < -0.3 is 9.73 Å². The summed E-state index contributed by atoms with van der Waals surface area (Å²) >= 11 is 12.1. The molecule has 1 N–H and O–H groups in total. The first-order chi connectivity index (χ1) is 13.4. The van der Waals surface area contributed by atoms with Crippen LogP contribution in [0, 0.1) is 13.8 Å². The molecule has 1 heterocycles. The van der Waals surface area contributed by atoms with Gasteiger partial charge in [-0.1, -0.05) is 41.4 Å². The van der Waals surface area contributed by atoms with Crippen molar-refractivity contribution in [2.75, 3.05) is 5.32 Å². The first-order valence-corrected chi connectivity index (χ1v) is 9.41. The predicted molar refractivity (Wildman–Crippen MR) is 113 cm³/mol. The zero-order valence-electron chi connectivity index (χ0n) is 15.2. The fraction of sp³-hybridized carbons (Fsp3) is 0.0909. The summed E-state index contributed by atoms with van der Waals surface area (Å²) in [4.78, 5) is 17.3. The van der Waals surface area contributed by atoms with Crippen molar-refractivity contribution in [3.05, 3.63) is 81.3 Å². The summed E-state index contributed by atoms with van der Waals surface area (Å²) in [6.07, 6.45) is 0. The highest BCUT2D eigenvalue weighted by Gasteiger charge is 2.15. The second-order valence-corrected chi connectivity index (χ2v) is 7.39. The first-order valence-electron chi connectivity index (χ1n) is 8.66. The van der Waals surface area contributed by atoms with Crippen LogP contribution in [0.3, 0.4) is 0 Å². The van der Waals surface area contributed by atoms with Gasteiger partial charge in [0.05, 0.1) is 10.6 Å². The Morgan fingerprint density at radius 1 is 1.00 bits per heavy atom. The van der Waals surface area contributed by atoms with Gasteiger partial charge in [0.25, 0.3) is 5.91 Å². The second-order valence-electron chi connectivity index (χ2n) is 6.55. The van der Waals surface area contributed by atoms with Crippen LogP contribution >= 0.6 is 23.2 Å². The molecule has 0 fully saturated rings. The zero-order chi connectivity index (χ0) is 19.8. The lowest BCUT2D eigenvalue weighted by molar-refractivity contribution is 0.102. The van der Waals surface area contributed by atoms with Crippen LogP contribution < -0.4 is 5.32 Å². The molecule has 0 radical (unpaired) electrons. The van der Waals surface area contributed by atoms with Gasteiger partial charge in [-0.25, -0.2) is 4.98 Å². The third-order valence-corrected chi connectivity index (χ3v) is 5.08. The van der Waals surface area contributed by atoms with E-state index in [4.69, 9.17) is 27.6 Å². The van der Waals surface area contributed by atoms with Crippen molar-refractivity contribution >= 4 is 45.9 Å². The highest BCUT2D eigenvalue weighted by atomic mass is 35.5. The third-order valence-electron chi connectivity index (χ3n) is 4.53. The van der Waals surface area contributed by atoms with E-state index >= 15 is 0 Å². The Hall–Kier alpha value is -2.82. The molecule has 140 valence electrons. The molecule has 1 amide bonds. The molecule has 0 aliphatic rings. The topological polar surface area (TPSA) is 55.1 Å². The number of benzene rings is 3. The summed E-state index contributed by atoms with van der Waals surface area (Å²) in [5.74, 6) is 0.194. The number of aromatic nitrogens is 1. The van der Waals surface area contributed by atoms with Gasteiger partial charge in [-0.3, -0.25) is 4.79 Å². The highest BCUT2D eigenvalue weighted by molar-refractivity contribution is 6.37. The molecule has 0 spiro atoms. The summed E-state index contributed by atoms with van der Waals surface area (Å²) in [5, 5.41) is 3.68. The van der Waals surface area contributed by atoms with Gasteiger partial charge in [0.15, 0.2) is 5.58 Å². The van der Waals surface area contributed by atoms with Gasteiger partial charge in [0.2, 0.25) is 5.89 Å². The maximum atomic E-state index is 12.7. The van der Waals surface area contributed by atoms with Crippen LogP contribution in [0.15, 0.2) is 59.0 Å². The highest BCUT2D eigenvalue weighted by Crippen LogP contribution is 2.30. The zero-order valence-corrected chi connectivity index (χ0v) is 16.7. The molecule has 0 unspecified atom stereocenters. The number of para-hydroxylation sites is 1. The van der Waals surface area contributed by atoms with Crippen LogP contribution in [0.4, 0.5) is 5.69 Å². The summed E-state index contributed by atoms with van der Waals surface area (Å²) in [5.41, 5.74) is 5.31. The van der Waals surface area contributed by atoms with E-state index in [1.54, 1.807) is 18.2 Å². The fourth-order valence-corrected chi connectivity index (χ4v) is 3.46. The molecule has 0 aliphatic carbocycles. The van der Waals surface area contributed by atoms with Crippen molar-refractivity contribution in [3.63, 3.8) is 0 Å². The maximum absolute atomic E-state index is 12.7. The Morgan fingerprint density at radius 3 is 2.57 bits per heavy atom. The van der Waals surface area contributed by atoms with Crippen LogP contribution in [0.5, 0.6) is 0 Å². The Kier molecular flexibility index (Phi) is 4.84. The van der Waals surface area contributed by atoms with Gasteiger partial charge in [-0.2, -0.15) is 0 Å². The summed E-state index contributed by atoms with van der Waals surface area (Å²) in [6.45, 7) is 3.91. The number of carbonyl (C=O) groups excluding carboxylic acids is 1. The van der Waals surface area contributed by atoms with E-state index in [9.17, 15) is 4.79 Å². The summed E-state index contributed by atoms with van der Waals surface area (Å²) < 4.78 is 5.89. The van der Waals surface area contributed by atoms with Crippen molar-refractivity contribution in [1.29, 1.82) is 0 Å². The van der Waals surface area contributed by atoms with Gasteiger partial charge in [-0.15, -0.1) is 0 Å². The van der Waals surface area contributed by atoms with Crippen LogP contribution in [-0.4, -0.2) is 10.9 Å². The Balaban J connectivity index is 1.68. The largest absolute Gasteiger partial charge is 0.436 e. The van der Waals surface area contributed by atoms with Crippen LogP contribution in [-0.2, 0) is 0 Å². The lowest BCUT2D eigenvalue weighted by Crippen LogP contribution is -2.13. The molecular formula is C22H16Cl2N2O2. The van der Waals surface area contributed by atoms with E-state index in [1.165, 1.54) is 0 Å². The van der Waals surface area contributed by atoms with Crippen molar-refractivity contribution in [3.8, 4) is 11.5 Å². The maximum Gasteiger partial charge on any atom is 0.257 e. The minimum absolute atomic E-state index is 0.299. The minimum Gasteiger partial charge on any atom is -0.436 e. The molecule has 6 heteroatoms. The average Bonchev–Trinajstić information content (AvgIpc) is 3.09. The van der Waals surface area contributed by atoms with E-state index in [2.05, 4.69) is 10.3 Å². The van der Waals surface area contributed by atoms with Gasteiger partial charge >= 0.3 is 0 Å². The molecule has 3 aromatic carbocycles. The second kappa shape index (κ2) is 7.30. The van der Waals surface area contributed by atoms with E-state index in [0.29, 0.717) is 27.2 Å². The molecule has 4 rings (SSSR count). The summed E-state index contributed by atoms with van der Waals surface area (Å²) in [7, 11) is 0. The number of halogens is 2. The number of carbonyl (C=O) groups is 1. The average molecular weight is 411 g/mol. The van der Waals surface area contributed by atoms with Gasteiger partial charge in [-0.05, 0) is 61.4 Å². The van der Waals surface area contributed by atoms with E-state index in [0.717, 1.165) is 27.8 Å². The van der Waals surface area contributed by atoms with Crippen molar-refractivity contribution in [2.45, 2.75) is 13.8 Å². The predicted octanol–water partition coefficient (Wildman–Crippen LogP) is 6.67. The number of fused-ring (bicyclic) bond motifs is 1. The van der Waals surface area contributed by atoms with Crippen molar-refractivity contribution in [1.82, 2.24) is 4.98 Å². The molecule has 0 saturated carbocycles. The fourth-order valence-electron chi connectivity index (χ4n) is 2.96. The van der Waals surface area contributed by atoms with E-state index in [1.807, 2.05) is 50.2 Å². The van der Waals surface area contributed by atoms with E-state index in [-0.39, 0.29) is 5.91 Å². The Morgan fingerprint density at radius 2 is 1.82 bits per heavy atom. The normalized spacial score (nSPS) is 11.0. The molecule has 0 bridgehead atoms. The molecular weight excluding hydrogens is 395 g/mol. The lowest BCUT2D eigenvalue weighted by atomic mass is 10.1. The number of hydrogen-bond acceptors (Lipinski definition) is 3. The molecule has 4 aromatic rings. The van der Waals surface area contributed by atoms with Gasteiger partial charge in [0, 0.05) is 16.3 Å². The smallest absolute Gasteiger partial charge is 0.257 e. The number of hydrogen-bond donors (Lipinski definition) is 1. The number of aryl methyl sites for hydroxylation is 2. The SMILES string of the molecule is Cc1ccc(-c2nc3c(C)cccc3o2)cc1NC(=O)c1ccc(Cl)cc1Cl. The van der Waals surface area contributed by atoms with Crippen molar-refractivity contribution in [2.24, 2.45) is 0 Å². The Labute approximate surface area is 172 Å². The van der Waals surface area contributed by atoms with Crippen LogP contribution in [0.25, 0.3) is 22.6 Å². The van der Waals surface area contributed by atoms with Crippen LogP contribution in [0.1, 0.15) is 21.5 Å². The number of oxazole rings is 1. The minimum atomic E-state index is -0.310.